The maximum atomic E-state index is 13.0. The van der Waals surface area contributed by atoms with E-state index < -0.39 is 0 Å². The molecule has 1 aromatic heterocycles. The topological polar surface area (TPSA) is 70.7 Å². The molecule has 0 radical (unpaired) electrons. The van der Waals surface area contributed by atoms with E-state index in [0.717, 1.165) is 50.5 Å². The van der Waals surface area contributed by atoms with Crippen LogP contribution >= 0.6 is 11.3 Å². The Morgan fingerprint density at radius 3 is 2.68 bits per heavy atom. The number of aryl methyl sites for hydroxylation is 1. The van der Waals surface area contributed by atoms with Crippen LogP contribution < -0.4 is 15.5 Å². The van der Waals surface area contributed by atoms with Crippen LogP contribution in [0.4, 0.5) is 5.00 Å². The Kier molecular flexibility index (Phi) is 8.49. The minimum absolute atomic E-state index is 0.173. The summed E-state index contributed by atoms with van der Waals surface area (Å²) in [6.07, 6.45) is 8.45. The number of amides is 2. The molecule has 2 aromatic rings. The second-order valence-corrected chi connectivity index (χ2v) is 9.25. The van der Waals surface area contributed by atoms with E-state index in [0.29, 0.717) is 28.5 Å². The Morgan fingerprint density at radius 2 is 1.90 bits per heavy atom. The number of anilines is 1. The summed E-state index contributed by atoms with van der Waals surface area (Å²) < 4.78 is 5.79. The van der Waals surface area contributed by atoms with Crippen LogP contribution in [0.1, 0.15) is 76.6 Å². The first-order chi connectivity index (χ1) is 15.0. The molecule has 6 nitrogen and oxygen atoms in total. The first kappa shape index (κ1) is 23.3. The Morgan fingerprint density at radius 1 is 1.10 bits per heavy atom. The van der Waals surface area contributed by atoms with Gasteiger partial charge < -0.3 is 10.1 Å². The second-order valence-electron chi connectivity index (χ2n) is 8.14. The van der Waals surface area contributed by atoms with Crippen molar-refractivity contribution in [1.29, 1.82) is 0 Å². The van der Waals surface area contributed by atoms with Crippen LogP contribution in [0.5, 0.6) is 5.75 Å². The lowest BCUT2D eigenvalue weighted by molar-refractivity contribution is 0.0857. The van der Waals surface area contributed by atoms with E-state index in [1.165, 1.54) is 22.6 Å². The van der Waals surface area contributed by atoms with Gasteiger partial charge in [0.1, 0.15) is 10.8 Å². The minimum atomic E-state index is -0.227. The summed E-state index contributed by atoms with van der Waals surface area (Å²) in [5.74, 6) is 0.290. The zero-order valence-corrected chi connectivity index (χ0v) is 19.6. The first-order valence-electron chi connectivity index (χ1n) is 11.2. The number of rotatable bonds is 9. The van der Waals surface area contributed by atoms with Gasteiger partial charge in [0.15, 0.2) is 0 Å². The number of fused-ring (bicyclic) bond motifs is 1. The van der Waals surface area contributed by atoms with Crippen molar-refractivity contribution in [3.63, 3.8) is 0 Å². The number of thiophene rings is 1. The highest BCUT2D eigenvalue weighted by Gasteiger charge is 2.26. The molecular weight excluding hydrogens is 410 g/mol. The Hall–Kier alpha value is -2.38. The Bertz CT molecular complexity index is 907. The van der Waals surface area contributed by atoms with Crippen molar-refractivity contribution >= 4 is 28.2 Å². The van der Waals surface area contributed by atoms with Crippen molar-refractivity contribution in [3.05, 3.63) is 45.8 Å². The van der Waals surface area contributed by atoms with Gasteiger partial charge in [-0.1, -0.05) is 32.3 Å². The number of hydrogen-bond acceptors (Lipinski definition) is 5. The summed E-state index contributed by atoms with van der Waals surface area (Å²) in [6, 6.07) is 7.23. The third kappa shape index (κ3) is 6.31. The third-order valence-corrected chi connectivity index (χ3v) is 6.52. The molecule has 0 unspecified atom stereocenters. The lowest BCUT2D eigenvalue weighted by Gasteiger charge is -2.14. The smallest absolute Gasteiger partial charge is 0.268 e. The summed E-state index contributed by atoms with van der Waals surface area (Å²) >= 11 is 1.53. The van der Waals surface area contributed by atoms with Crippen LogP contribution in [0.2, 0.25) is 0 Å². The molecule has 2 N–H and O–H groups in total. The Balaban J connectivity index is 1.80. The van der Waals surface area contributed by atoms with Crippen LogP contribution in [0.3, 0.4) is 0 Å². The normalized spacial score (nSPS) is 13.4. The number of ether oxygens (including phenoxy) is 1. The van der Waals surface area contributed by atoms with E-state index in [-0.39, 0.29) is 11.8 Å². The van der Waals surface area contributed by atoms with Gasteiger partial charge in [-0.25, -0.2) is 5.01 Å². The fourth-order valence-corrected chi connectivity index (χ4v) is 5.06. The molecule has 1 aromatic carbocycles. The van der Waals surface area contributed by atoms with Crippen LogP contribution in [0, 0.1) is 0 Å². The van der Waals surface area contributed by atoms with E-state index >= 15 is 0 Å². The number of nitrogens with one attached hydrogen (secondary N) is 2. The summed E-state index contributed by atoms with van der Waals surface area (Å²) in [5, 5.41) is 5.27. The molecule has 1 aliphatic rings. The van der Waals surface area contributed by atoms with Gasteiger partial charge in [-0.15, -0.1) is 11.3 Å². The third-order valence-electron chi connectivity index (χ3n) is 5.31. The van der Waals surface area contributed by atoms with Crippen molar-refractivity contribution in [3.8, 4) is 5.75 Å². The fourth-order valence-electron chi connectivity index (χ4n) is 3.77. The molecule has 0 saturated carbocycles. The molecule has 1 heterocycles. The lowest BCUT2D eigenvalue weighted by Crippen LogP contribution is -2.36. The van der Waals surface area contributed by atoms with E-state index in [4.69, 9.17) is 4.74 Å². The highest BCUT2D eigenvalue weighted by Crippen LogP contribution is 2.37. The number of carbonyl (C=O) groups is 2. The maximum Gasteiger partial charge on any atom is 0.268 e. The van der Waals surface area contributed by atoms with Gasteiger partial charge in [0.2, 0.25) is 0 Å². The number of hydrazine groups is 1. The fraction of sp³-hybridized carbons (Fsp3) is 0.500. The zero-order valence-electron chi connectivity index (χ0n) is 18.8. The lowest BCUT2D eigenvalue weighted by atomic mass is 10.0. The first-order valence-corrected chi connectivity index (χ1v) is 12.0. The predicted molar refractivity (Wildman–Crippen MR) is 126 cm³/mol. The van der Waals surface area contributed by atoms with E-state index in [9.17, 15) is 9.59 Å². The van der Waals surface area contributed by atoms with E-state index in [1.54, 1.807) is 31.2 Å². The second kappa shape index (κ2) is 11.3. The number of nitrogens with zero attached hydrogens (tertiary/aromatic N) is 1. The van der Waals surface area contributed by atoms with Crippen LogP contribution in [-0.4, -0.2) is 37.5 Å². The summed E-state index contributed by atoms with van der Waals surface area (Å²) in [6.45, 7) is 2.80. The molecule has 168 valence electrons. The highest BCUT2D eigenvalue weighted by atomic mass is 32.1. The molecule has 0 saturated heterocycles. The predicted octanol–water partition coefficient (Wildman–Crippen LogP) is 5.04. The minimum Gasteiger partial charge on any atom is -0.494 e. The summed E-state index contributed by atoms with van der Waals surface area (Å²) in [5.41, 5.74) is 5.06. The number of hydrogen-bond donors (Lipinski definition) is 2. The molecule has 0 atom stereocenters. The van der Waals surface area contributed by atoms with Gasteiger partial charge in [-0.2, -0.15) is 0 Å². The Labute approximate surface area is 188 Å². The number of unbranched alkanes of at least 4 members (excludes halogenated alkanes) is 2. The molecule has 0 bridgehead atoms. The molecule has 0 spiro atoms. The number of benzene rings is 1. The van der Waals surface area contributed by atoms with E-state index in [1.807, 2.05) is 12.1 Å². The van der Waals surface area contributed by atoms with Gasteiger partial charge in [-0.3, -0.25) is 15.0 Å². The molecule has 0 aliphatic heterocycles. The van der Waals surface area contributed by atoms with Crippen LogP contribution in [-0.2, 0) is 12.8 Å². The largest absolute Gasteiger partial charge is 0.494 e. The quantitative estimate of drug-likeness (QED) is 0.323. The van der Waals surface area contributed by atoms with Crippen LogP contribution in [0.25, 0.3) is 0 Å². The van der Waals surface area contributed by atoms with Gasteiger partial charge in [0.05, 0.1) is 12.2 Å². The molecule has 31 heavy (non-hydrogen) atoms. The zero-order chi connectivity index (χ0) is 22.2. The van der Waals surface area contributed by atoms with Crippen molar-refractivity contribution in [2.75, 3.05) is 26.0 Å². The highest BCUT2D eigenvalue weighted by molar-refractivity contribution is 7.17. The molecule has 7 heteroatoms. The van der Waals surface area contributed by atoms with Crippen molar-refractivity contribution in [1.82, 2.24) is 10.4 Å². The van der Waals surface area contributed by atoms with E-state index in [2.05, 4.69) is 17.7 Å². The molecule has 1 aliphatic carbocycles. The van der Waals surface area contributed by atoms with Crippen LogP contribution in [0.15, 0.2) is 24.3 Å². The standard InChI is InChI=1S/C24H33N3O3S/c1-4-5-9-15-30-18-12-10-11-17(16-18)22(28)25-24-21(23(29)26-27(2)3)19-13-7-6-8-14-20(19)31-24/h10-12,16H,4-9,13-15H2,1-3H3,(H,25,28)(H,26,29). The van der Waals surface area contributed by atoms with Gasteiger partial charge in [-0.05, 0) is 55.9 Å². The average Bonchev–Trinajstić information content (AvgIpc) is 2.91. The van der Waals surface area contributed by atoms with Crippen molar-refractivity contribution in [2.45, 2.75) is 58.3 Å². The number of carbonyl (C=O) groups excluding carboxylic acids is 2. The van der Waals surface area contributed by atoms with Crippen molar-refractivity contribution in [2.24, 2.45) is 0 Å². The van der Waals surface area contributed by atoms with Gasteiger partial charge in [0.25, 0.3) is 11.8 Å². The SMILES string of the molecule is CCCCCOc1cccc(C(=O)Nc2sc3c(c2C(=O)NN(C)C)CCCCC3)c1. The van der Waals surface area contributed by atoms with Gasteiger partial charge >= 0.3 is 0 Å². The summed E-state index contributed by atoms with van der Waals surface area (Å²) in [4.78, 5) is 27.2. The monoisotopic (exact) mass is 443 g/mol. The molecular formula is C24H33N3O3S. The molecule has 3 rings (SSSR count). The average molecular weight is 444 g/mol. The summed E-state index contributed by atoms with van der Waals surface area (Å²) in [7, 11) is 3.57. The van der Waals surface area contributed by atoms with Gasteiger partial charge in [0, 0.05) is 24.5 Å². The van der Waals surface area contributed by atoms with Crippen molar-refractivity contribution < 1.29 is 14.3 Å². The maximum absolute atomic E-state index is 13.0. The molecule has 0 fully saturated rings. The molecule has 2 amide bonds.